The van der Waals surface area contributed by atoms with Crippen LogP contribution in [0, 0.1) is 5.92 Å². The van der Waals surface area contributed by atoms with Crippen molar-refractivity contribution in [1.82, 2.24) is 25.5 Å². The Balaban J connectivity index is 1.41. The second-order valence-electron chi connectivity index (χ2n) is 7.78. The maximum Gasteiger partial charge on any atom is 0.314 e. The lowest BCUT2D eigenvalue weighted by molar-refractivity contribution is 0.205. The number of urea groups is 1. The van der Waals surface area contributed by atoms with Crippen molar-refractivity contribution in [1.29, 1.82) is 0 Å². The number of rotatable bonds is 6. The van der Waals surface area contributed by atoms with Crippen LogP contribution in [0.15, 0.2) is 0 Å². The molecule has 1 aliphatic carbocycles. The Labute approximate surface area is 182 Å². The van der Waals surface area contributed by atoms with E-state index in [0.717, 1.165) is 51.5 Å². The second-order valence-corrected chi connectivity index (χ2v) is 8.52. The SMILES string of the molecule is CNC(=O)N[C@H]1CC[C@H](CCN2CCN(c3nc(NC)nc(Cl)c3Cl)CC2)CC1. The first kappa shape index (κ1) is 22.2. The van der Waals surface area contributed by atoms with E-state index in [1.54, 1.807) is 14.1 Å². The van der Waals surface area contributed by atoms with Gasteiger partial charge in [0.15, 0.2) is 11.0 Å². The molecule has 0 atom stereocenters. The zero-order chi connectivity index (χ0) is 20.8. The lowest BCUT2D eigenvalue weighted by atomic mass is 9.84. The van der Waals surface area contributed by atoms with Gasteiger partial charge in [0.1, 0.15) is 5.02 Å². The number of nitrogens with one attached hydrogen (secondary N) is 3. The van der Waals surface area contributed by atoms with E-state index in [4.69, 9.17) is 23.2 Å². The van der Waals surface area contributed by atoms with Crippen LogP contribution in [0.4, 0.5) is 16.6 Å². The standard InChI is InChI=1S/C19H31Cl2N7O/c1-22-18-25-16(21)15(20)17(26-18)28-11-9-27(10-12-28)8-7-13-3-5-14(6-4-13)24-19(29)23-2/h13-14H,3-12H2,1-2H3,(H,22,25,26)(H2,23,24,29)/t13-,14-. The number of aromatic nitrogens is 2. The van der Waals surface area contributed by atoms with Gasteiger partial charge in [-0.15, -0.1) is 0 Å². The zero-order valence-corrected chi connectivity index (χ0v) is 18.7. The maximum atomic E-state index is 11.4. The molecule has 0 aromatic carbocycles. The Morgan fingerprint density at radius 2 is 1.76 bits per heavy atom. The van der Waals surface area contributed by atoms with Crippen molar-refractivity contribution < 1.29 is 4.79 Å². The normalized spacial score (nSPS) is 23.0. The van der Waals surface area contributed by atoms with E-state index in [-0.39, 0.29) is 11.2 Å². The fourth-order valence-corrected chi connectivity index (χ4v) is 4.50. The Morgan fingerprint density at radius 1 is 1.07 bits per heavy atom. The molecule has 1 saturated heterocycles. The van der Waals surface area contributed by atoms with Crippen molar-refractivity contribution in [3.63, 3.8) is 0 Å². The highest BCUT2D eigenvalue weighted by atomic mass is 35.5. The minimum absolute atomic E-state index is 0.0711. The zero-order valence-electron chi connectivity index (χ0n) is 17.2. The minimum atomic E-state index is -0.0711. The van der Waals surface area contributed by atoms with Gasteiger partial charge in [0.25, 0.3) is 0 Å². The highest BCUT2D eigenvalue weighted by molar-refractivity contribution is 6.42. The van der Waals surface area contributed by atoms with Gasteiger partial charge in [0.05, 0.1) is 0 Å². The molecule has 0 bridgehead atoms. The van der Waals surface area contributed by atoms with Crippen LogP contribution in [0.2, 0.25) is 10.2 Å². The number of carbonyl (C=O) groups excluding carboxylic acids is 1. The van der Waals surface area contributed by atoms with E-state index in [1.807, 2.05) is 0 Å². The summed E-state index contributed by atoms with van der Waals surface area (Å²) in [6.45, 7) is 4.84. The minimum Gasteiger partial charge on any atom is -0.357 e. The molecule has 2 heterocycles. The molecule has 1 saturated carbocycles. The average Bonchev–Trinajstić information content (AvgIpc) is 2.75. The van der Waals surface area contributed by atoms with Crippen LogP contribution in [-0.2, 0) is 0 Å². The summed E-state index contributed by atoms with van der Waals surface area (Å²) in [4.78, 5) is 24.7. The van der Waals surface area contributed by atoms with Crippen LogP contribution in [0.1, 0.15) is 32.1 Å². The molecular weight excluding hydrogens is 413 g/mol. The van der Waals surface area contributed by atoms with E-state index in [2.05, 4.69) is 35.7 Å². The van der Waals surface area contributed by atoms with Gasteiger partial charge >= 0.3 is 6.03 Å². The predicted octanol–water partition coefficient (Wildman–Crippen LogP) is 2.83. The monoisotopic (exact) mass is 443 g/mol. The van der Waals surface area contributed by atoms with Gasteiger partial charge in [-0.3, -0.25) is 4.90 Å². The van der Waals surface area contributed by atoms with E-state index in [0.29, 0.717) is 22.8 Å². The highest BCUT2D eigenvalue weighted by Gasteiger charge is 2.25. The molecule has 2 aliphatic rings. The molecule has 0 radical (unpaired) electrons. The molecule has 1 aromatic heterocycles. The third kappa shape index (κ3) is 5.99. The fraction of sp³-hybridized carbons (Fsp3) is 0.737. The third-order valence-corrected chi connectivity index (χ3v) is 6.67. The number of piperazine rings is 1. The molecule has 8 nitrogen and oxygen atoms in total. The number of hydrogen-bond donors (Lipinski definition) is 3. The van der Waals surface area contributed by atoms with Crippen LogP contribution in [0.5, 0.6) is 0 Å². The largest absolute Gasteiger partial charge is 0.357 e. The van der Waals surface area contributed by atoms with Crippen molar-refractivity contribution in [3.05, 3.63) is 10.2 Å². The topological polar surface area (TPSA) is 85.4 Å². The summed E-state index contributed by atoms with van der Waals surface area (Å²) in [5.74, 6) is 1.94. The van der Waals surface area contributed by atoms with E-state index in [9.17, 15) is 4.79 Å². The van der Waals surface area contributed by atoms with Gasteiger partial charge in [-0.05, 0) is 44.6 Å². The van der Waals surface area contributed by atoms with Gasteiger partial charge in [0, 0.05) is 46.3 Å². The second kappa shape index (κ2) is 10.5. The summed E-state index contributed by atoms with van der Waals surface area (Å²) in [6.07, 6.45) is 5.75. The summed E-state index contributed by atoms with van der Waals surface area (Å²) in [5, 5.41) is 9.29. The summed E-state index contributed by atoms with van der Waals surface area (Å²) in [7, 11) is 3.43. The summed E-state index contributed by atoms with van der Waals surface area (Å²) >= 11 is 12.5. The van der Waals surface area contributed by atoms with Crippen LogP contribution in [0.3, 0.4) is 0 Å². The Bertz CT molecular complexity index is 689. The number of amides is 2. The molecule has 0 unspecified atom stereocenters. The molecule has 162 valence electrons. The molecule has 2 amide bonds. The van der Waals surface area contributed by atoms with E-state index < -0.39 is 0 Å². The number of hydrogen-bond acceptors (Lipinski definition) is 6. The Morgan fingerprint density at radius 3 is 2.38 bits per heavy atom. The Kier molecular flexibility index (Phi) is 8.03. The molecule has 3 rings (SSSR count). The van der Waals surface area contributed by atoms with E-state index in [1.165, 1.54) is 19.3 Å². The lowest BCUT2D eigenvalue weighted by Gasteiger charge is -2.37. The summed E-state index contributed by atoms with van der Waals surface area (Å²) in [6, 6.07) is 0.250. The van der Waals surface area contributed by atoms with Crippen molar-refractivity contribution in [2.45, 2.75) is 38.1 Å². The fourth-order valence-electron chi connectivity index (χ4n) is 4.13. The van der Waals surface area contributed by atoms with Crippen molar-refractivity contribution in [2.75, 3.05) is 57.0 Å². The van der Waals surface area contributed by atoms with Gasteiger partial charge < -0.3 is 20.9 Å². The number of carbonyl (C=O) groups is 1. The average molecular weight is 444 g/mol. The molecule has 10 heteroatoms. The van der Waals surface area contributed by atoms with Gasteiger partial charge in [-0.1, -0.05) is 23.2 Å². The molecule has 29 heavy (non-hydrogen) atoms. The molecule has 3 N–H and O–H groups in total. The summed E-state index contributed by atoms with van der Waals surface area (Å²) < 4.78 is 0. The Hall–Kier alpha value is -1.51. The molecule has 1 aliphatic heterocycles. The first-order chi connectivity index (χ1) is 14.0. The third-order valence-electron chi connectivity index (χ3n) is 5.95. The molecule has 1 aromatic rings. The maximum absolute atomic E-state index is 11.4. The van der Waals surface area contributed by atoms with Crippen molar-refractivity contribution in [2.24, 2.45) is 5.92 Å². The first-order valence-electron chi connectivity index (χ1n) is 10.4. The lowest BCUT2D eigenvalue weighted by Crippen LogP contribution is -2.47. The van der Waals surface area contributed by atoms with Crippen molar-refractivity contribution >= 4 is 41.0 Å². The molecule has 0 spiro atoms. The quantitative estimate of drug-likeness (QED) is 0.586. The number of nitrogens with zero attached hydrogens (tertiary/aromatic N) is 4. The molecule has 2 fully saturated rings. The van der Waals surface area contributed by atoms with Crippen LogP contribution < -0.4 is 20.9 Å². The first-order valence-corrected chi connectivity index (χ1v) is 11.1. The van der Waals surface area contributed by atoms with Crippen LogP contribution in [-0.4, -0.2) is 73.8 Å². The number of anilines is 2. The highest BCUT2D eigenvalue weighted by Crippen LogP contribution is 2.32. The van der Waals surface area contributed by atoms with Gasteiger partial charge in [-0.2, -0.15) is 9.97 Å². The van der Waals surface area contributed by atoms with Crippen molar-refractivity contribution in [3.8, 4) is 0 Å². The predicted molar refractivity (Wildman–Crippen MR) is 118 cm³/mol. The summed E-state index contributed by atoms with van der Waals surface area (Å²) in [5.41, 5.74) is 0. The van der Waals surface area contributed by atoms with Gasteiger partial charge in [0.2, 0.25) is 5.95 Å². The van der Waals surface area contributed by atoms with Crippen LogP contribution >= 0.6 is 23.2 Å². The molecular formula is C19H31Cl2N7O. The van der Waals surface area contributed by atoms with E-state index >= 15 is 0 Å². The van der Waals surface area contributed by atoms with Crippen LogP contribution in [0.25, 0.3) is 0 Å². The smallest absolute Gasteiger partial charge is 0.314 e. The van der Waals surface area contributed by atoms with Gasteiger partial charge in [-0.25, -0.2) is 4.79 Å². The number of halogens is 2.